The summed E-state index contributed by atoms with van der Waals surface area (Å²) in [6.07, 6.45) is 0. The first-order valence-corrected chi connectivity index (χ1v) is 7.75. The number of thiophene rings is 1. The van der Waals surface area contributed by atoms with Crippen LogP contribution in [0.4, 0.5) is 0 Å². The fourth-order valence-electron chi connectivity index (χ4n) is 2.02. The molecule has 0 spiro atoms. The quantitative estimate of drug-likeness (QED) is 0.812. The van der Waals surface area contributed by atoms with Gasteiger partial charge in [-0.1, -0.05) is 28.1 Å². The third-order valence-electron chi connectivity index (χ3n) is 3.04. The summed E-state index contributed by atoms with van der Waals surface area (Å²) in [6.45, 7) is 6.58. The summed E-state index contributed by atoms with van der Waals surface area (Å²) < 4.78 is 1.13. The van der Waals surface area contributed by atoms with Crippen molar-refractivity contribution in [2.24, 2.45) is 0 Å². The smallest absolute Gasteiger partial charge is 0.0391 e. The van der Waals surface area contributed by atoms with Gasteiger partial charge in [-0.15, -0.1) is 11.3 Å². The monoisotopic (exact) mass is 323 g/mol. The third-order valence-corrected chi connectivity index (χ3v) is 4.71. The molecule has 1 N–H and O–H groups in total. The molecule has 3 heteroatoms. The molecular formula is C15H18BrNS. The molecule has 0 aliphatic carbocycles. The van der Waals surface area contributed by atoms with E-state index in [1.807, 2.05) is 11.3 Å². The minimum Gasteiger partial charge on any atom is -0.303 e. The van der Waals surface area contributed by atoms with Crippen molar-refractivity contribution in [1.82, 2.24) is 5.32 Å². The zero-order valence-corrected chi connectivity index (χ0v) is 13.3. The highest BCUT2D eigenvalue weighted by atomic mass is 79.9. The third kappa shape index (κ3) is 3.44. The number of nitrogens with one attached hydrogen (secondary N) is 1. The van der Waals surface area contributed by atoms with Crippen LogP contribution in [0.25, 0.3) is 0 Å². The van der Waals surface area contributed by atoms with Gasteiger partial charge in [0.05, 0.1) is 0 Å². The van der Waals surface area contributed by atoms with Crippen molar-refractivity contribution in [1.29, 1.82) is 0 Å². The van der Waals surface area contributed by atoms with Crippen molar-refractivity contribution in [3.05, 3.63) is 56.2 Å². The molecule has 0 aliphatic heterocycles. The van der Waals surface area contributed by atoms with E-state index < -0.39 is 0 Å². The standard InChI is InChI=1S/C15H18BrNS/c1-10-7-8-15(18-10)12(3)17-11(2)13-5-4-6-14(16)9-13/h4-9,11-12,17H,1-3H3/t11-,12?/m1/s1. The van der Waals surface area contributed by atoms with Gasteiger partial charge in [0.25, 0.3) is 0 Å². The first kappa shape index (κ1) is 13.8. The van der Waals surface area contributed by atoms with E-state index in [0.717, 1.165) is 4.47 Å². The summed E-state index contributed by atoms with van der Waals surface area (Å²) in [5.74, 6) is 0. The summed E-state index contributed by atoms with van der Waals surface area (Å²) >= 11 is 5.38. The summed E-state index contributed by atoms with van der Waals surface area (Å²) in [6, 6.07) is 13.6. The summed E-state index contributed by atoms with van der Waals surface area (Å²) in [5.41, 5.74) is 1.31. The second-order valence-corrected chi connectivity index (χ2v) is 6.85. The van der Waals surface area contributed by atoms with E-state index >= 15 is 0 Å². The van der Waals surface area contributed by atoms with Gasteiger partial charge in [-0.2, -0.15) is 0 Å². The van der Waals surface area contributed by atoms with E-state index in [2.05, 4.69) is 78.4 Å². The highest BCUT2D eigenvalue weighted by Gasteiger charge is 2.12. The van der Waals surface area contributed by atoms with Crippen LogP contribution in [-0.4, -0.2) is 0 Å². The second-order valence-electron chi connectivity index (χ2n) is 4.61. The van der Waals surface area contributed by atoms with Crippen LogP contribution in [0.3, 0.4) is 0 Å². The Labute approximate surface area is 121 Å². The molecule has 0 aliphatic rings. The van der Waals surface area contributed by atoms with Crippen molar-refractivity contribution in [2.45, 2.75) is 32.9 Å². The number of benzene rings is 1. The normalized spacial score (nSPS) is 14.4. The minimum atomic E-state index is 0.347. The molecule has 1 heterocycles. The molecule has 2 rings (SSSR count). The number of hydrogen-bond acceptors (Lipinski definition) is 2. The molecule has 1 aromatic heterocycles. The second kappa shape index (κ2) is 6.00. The summed E-state index contributed by atoms with van der Waals surface area (Å²) in [4.78, 5) is 2.77. The minimum absolute atomic E-state index is 0.347. The van der Waals surface area contributed by atoms with Gasteiger partial charge in [0.2, 0.25) is 0 Å². The van der Waals surface area contributed by atoms with Gasteiger partial charge in [-0.05, 0) is 50.6 Å². The lowest BCUT2D eigenvalue weighted by Crippen LogP contribution is -2.21. The van der Waals surface area contributed by atoms with Crippen molar-refractivity contribution in [3.8, 4) is 0 Å². The predicted molar refractivity (Wildman–Crippen MR) is 83.2 cm³/mol. The molecule has 1 unspecified atom stereocenters. The van der Waals surface area contributed by atoms with Crippen molar-refractivity contribution < 1.29 is 0 Å². The average molecular weight is 324 g/mol. The number of halogens is 1. The fourth-order valence-corrected chi connectivity index (χ4v) is 3.32. The predicted octanol–water partition coefficient (Wildman–Crippen LogP) is 5.23. The SMILES string of the molecule is Cc1ccc(C(C)N[C@H](C)c2cccc(Br)c2)s1. The van der Waals surface area contributed by atoms with E-state index in [1.165, 1.54) is 15.3 Å². The lowest BCUT2D eigenvalue weighted by Gasteiger charge is -2.19. The van der Waals surface area contributed by atoms with Gasteiger partial charge < -0.3 is 5.32 Å². The topological polar surface area (TPSA) is 12.0 Å². The van der Waals surface area contributed by atoms with Crippen LogP contribution in [-0.2, 0) is 0 Å². The Kier molecular flexibility index (Phi) is 4.60. The van der Waals surface area contributed by atoms with Crippen LogP contribution >= 0.6 is 27.3 Å². The van der Waals surface area contributed by atoms with E-state index in [9.17, 15) is 0 Å². The molecule has 0 amide bonds. The lowest BCUT2D eigenvalue weighted by atomic mass is 10.1. The Morgan fingerprint density at radius 1 is 1.11 bits per heavy atom. The molecule has 0 bridgehead atoms. The Balaban J connectivity index is 2.05. The Bertz CT molecular complexity index is 521. The van der Waals surface area contributed by atoms with E-state index in [4.69, 9.17) is 0 Å². The number of rotatable bonds is 4. The fraction of sp³-hybridized carbons (Fsp3) is 0.333. The van der Waals surface area contributed by atoms with Crippen molar-refractivity contribution >= 4 is 27.3 Å². The van der Waals surface area contributed by atoms with Crippen LogP contribution in [0.5, 0.6) is 0 Å². The average Bonchev–Trinajstić information content (AvgIpc) is 2.76. The molecule has 0 radical (unpaired) electrons. The van der Waals surface area contributed by atoms with Gasteiger partial charge in [-0.3, -0.25) is 0 Å². The van der Waals surface area contributed by atoms with Gasteiger partial charge in [0.15, 0.2) is 0 Å². The van der Waals surface area contributed by atoms with E-state index in [0.29, 0.717) is 12.1 Å². The molecule has 1 nitrogen and oxygen atoms in total. The van der Waals surface area contributed by atoms with Crippen LogP contribution in [0.15, 0.2) is 40.9 Å². The summed E-state index contributed by atoms with van der Waals surface area (Å²) in [7, 11) is 0. The van der Waals surface area contributed by atoms with Gasteiger partial charge in [0, 0.05) is 26.3 Å². The Morgan fingerprint density at radius 3 is 2.50 bits per heavy atom. The highest BCUT2D eigenvalue weighted by Crippen LogP contribution is 2.26. The molecule has 0 saturated carbocycles. The van der Waals surface area contributed by atoms with Crippen molar-refractivity contribution in [3.63, 3.8) is 0 Å². The number of aryl methyl sites for hydroxylation is 1. The van der Waals surface area contributed by atoms with Crippen LogP contribution in [0.1, 0.15) is 41.2 Å². The largest absolute Gasteiger partial charge is 0.303 e. The Hall–Kier alpha value is -0.640. The molecule has 0 saturated heterocycles. The van der Waals surface area contributed by atoms with E-state index in [1.54, 1.807) is 0 Å². The summed E-state index contributed by atoms with van der Waals surface area (Å²) in [5, 5.41) is 3.64. The Morgan fingerprint density at radius 2 is 1.89 bits per heavy atom. The van der Waals surface area contributed by atoms with Crippen LogP contribution in [0, 0.1) is 6.92 Å². The van der Waals surface area contributed by atoms with Gasteiger partial charge in [-0.25, -0.2) is 0 Å². The maximum absolute atomic E-state index is 3.64. The first-order chi connectivity index (χ1) is 8.56. The van der Waals surface area contributed by atoms with Gasteiger partial charge >= 0.3 is 0 Å². The van der Waals surface area contributed by atoms with E-state index in [-0.39, 0.29) is 0 Å². The van der Waals surface area contributed by atoms with Crippen molar-refractivity contribution in [2.75, 3.05) is 0 Å². The maximum Gasteiger partial charge on any atom is 0.0391 e. The maximum atomic E-state index is 3.64. The molecule has 18 heavy (non-hydrogen) atoms. The zero-order chi connectivity index (χ0) is 13.1. The van der Waals surface area contributed by atoms with Crippen LogP contribution in [0.2, 0.25) is 0 Å². The molecule has 96 valence electrons. The molecule has 1 aromatic carbocycles. The highest BCUT2D eigenvalue weighted by molar-refractivity contribution is 9.10. The number of hydrogen-bond donors (Lipinski definition) is 1. The lowest BCUT2D eigenvalue weighted by molar-refractivity contribution is 0.500. The molecule has 2 atom stereocenters. The van der Waals surface area contributed by atoms with Crippen LogP contribution < -0.4 is 5.32 Å². The van der Waals surface area contributed by atoms with Gasteiger partial charge in [0.1, 0.15) is 0 Å². The first-order valence-electron chi connectivity index (χ1n) is 6.14. The zero-order valence-electron chi connectivity index (χ0n) is 10.9. The molecule has 0 fully saturated rings. The molecular weight excluding hydrogens is 306 g/mol. The molecule has 2 aromatic rings.